The second-order valence-electron chi connectivity index (χ2n) is 4.08. The quantitative estimate of drug-likeness (QED) is 0.709. The van der Waals surface area contributed by atoms with Crippen molar-refractivity contribution in [2.75, 3.05) is 18.6 Å². The van der Waals surface area contributed by atoms with Gasteiger partial charge in [-0.05, 0) is 38.0 Å². The Morgan fingerprint density at radius 2 is 2.08 bits per heavy atom. The van der Waals surface area contributed by atoms with Gasteiger partial charge in [0.25, 0.3) is 0 Å². The molecule has 0 radical (unpaired) electrons. The number of hydrogen-bond donors (Lipinski definition) is 1. The predicted octanol–water partition coefficient (Wildman–Crippen LogP) is 2.91. The van der Waals surface area contributed by atoms with E-state index in [1.165, 1.54) is 43.6 Å². The molecule has 0 saturated heterocycles. The summed E-state index contributed by atoms with van der Waals surface area (Å²) in [6.45, 7) is 2.26. The predicted molar refractivity (Wildman–Crippen MR) is 62.4 cm³/mol. The Labute approximate surface area is 87.1 Å². The number of rotatable bonds is 6. The smallest absolute Gasteiger partial charge is 0.0152 e. The van der Waals surface area contributed by atoms with Gasteiger partial charge in [0.2, 0.25) is 0 Å². The van der Waals surface area contributed by atoms with Gasteiger partial charge in [0, 0.05) is 11.8 Å². The average Bonchev–Trinajstić information content (AvgIpc) is 2.65. The van der Waals surface area contributed by atoms with Crippen LogP contribution in [0.1, 0.15) is 39.0 Å². The molecule has 0 aromatic rings. The van der Waals surface area contributed by atoms with Crippen LogP contribution in [0.4, 0.5) is 0 Å². The molecule has 1 aliphatic carbocycles. The summed E-state index contributed by atoms with van der Waals surface area (Å²) >= 11 is 2.15. The van der Waals surface area contributed by atoms with Crippen LogP contribution in [-0.4, -0.2) is 24.6 Å². The van der Waals surface area contributed by atoms with Crippen LogP contribution in [0, 0.1) is 5.92 Å². The van der Waals surface area contributed by atoms with E-state index in [9.17, 15) is 0 Å². The first-order valence-corrected chi connectivity index (χ1v) is 6.77. The van der Waals surface area contributed by atoms with E-state index >= 15 is 0 Å². The molecule has 1 unspecified atom stereocenters. The van der Waals surface area contributed by atoms with Crippen molar-refractivity contribution >= 4 is 11.8 Å². The fourth-order valence-electron chi connectivity index (χ4n) is 1.96. The molecular weight excluding hydrogens is 178 g/mol. The summed E-state index contributed by atoms with van der Waals surface area (Å²) in [5.74, 6) is 3.74. The van der Waals surface area contributed by atoms with Gasteiger partial charge in [0.1, 0.15) is 0 Å². The van der Waals surface area contributed by atoms with Crippen molar-refractivity contribution in [2.45, 2.75) is 45.1 Å². The zero-order valence-corrected chi connectivity index (χ0v) is 9.83. The van der Waals surface area contributed by atoms with Crippen LogP contribution >= 0.6 is 11.8 Å². The number of nitrogens with one attached hydrogen (secondary N) is 1. The van der Waals surface area contributed by atoms with E-state index in [-0.39, 0.29) is 0 Å². The van der Waals surface area contributed by atoms with Crippen molar-refractivity contribution in [1.29, 1.82) is 0 Å². The fourth-order valence-corrected chi connectivity index (χ4v) is 3.45. The Morgan fingerprint density at radius 1 is 1.38 bits per heavy atom. The monoisotopic (exact) mass is 201 g/mol. The van der Waals surface area contributed by atoms with Gasteiger partial charge < -0.3 is 5.32 Å². The minimum atomic E-state index is 0.728. The maximum atomic E-state index is 3.36. The SMILES string of the molecule is CCC(CSCC1CCCC1)NC. The molecule has 0 aromatic heterocycles. The second-order valence-corrected chi connectivity index (χ2v) is 5.16. The van der Waals surface area contributed by atoms with Crippen molar-refractivity contribution in [2.24, 2.45) is 5.92 Å². The molecule has 0 bridgehead atoms. The van der Waals surface area contributed by atoms with Crippen molar-refractivity contribution in [3.05, 3.63) is 0 Å². The molecule has 0 amide bonds. The minimum Gasteiger partial charge on any atom is -0.316 e. The molecule has 1 N–H and O–H groups in total. The van der Waals surface area contributed by atoms with Crippen molar-refractivity contribution in [3.63, 3.8) is 0 Å². The van der Waals surface area contributed by atoms with Crippen LogP contribution in [0.15, 0.2) is 0 Å². The van der Waals surface area contributed by atoms with E-state index in [0.29, 0.717) is 0 Å². The van der Waals surface area contributed by atoms with Crippen molar-refractivity contribution in [3.8, 4) is 0 Å². The first-order chi connectivity index (χ1) is 6.36. The highest BCUT2D eigenvalue weighted by Gasteiger charge is 2.15. The van der Waals surface area contributed by atoms with Crippen LogP contribution in [0.2, 0.25) is 0 Å². The molecule has 0 spiro atoms. The van der Waals surface area contributed by atoms with Gasteiger partial charge >= 0.3 is 0 Å². The Hall–Kier alpha value is 0.310. The molecule has 1 rings (SSSR count). The Bertz CT molecular complexity index is 115. The standard InChI is InChI=1S/C11H23NS/c1-3-11(12-2)9-13-8-10-6-4-5-7-10/h10-12H,3-9H2,1-2H3. The van der Waals surface area contributed by atoms with Crippen LogP contribution in [-0.2, 0) is 0 Å². The van der Waals surface area contributed by atoms with E-state index in [2.05, 4.69) is 31.1 Å². The van der Waals surface area contributed by atoms with E-state index in [4.69, 9.17) is 0 Å². The molecular formula is C11H23NS. The molecule has 2 heteroatoms. The lowest BCUT2D eigenvalue weighted by Crippen LogP contribution is -2.26. The molecule has 0 aromatic carbocycles. The molecule has 0 heterocycles. The molecule has 0 aliphatic heterocycles. The largest absolute Gasteiger partial charge is 0.316 e. The normalized spacial score (nSPS) is 20.8. The average molecular weight is 201 g/mol. The van der Waals surface area contributed by atoms with Gasteiger partial charge in [0.15, 0.2) is 0 Å². The maximum absolute atomic E-state index is 3.36. The Kier molecular flexibility index (Phi) is 5.88. The summed E-state index contributed by atoms with van der Waals surface area (Å²) in [6.07, 6.45) is 7.20. The lowest BCUT2D eigenvalue weighted by molar-refractivity contribution is 0.595. The van der Waals surface area contributed by atoms with Crippen LogP contribution in [0.5, 0.6) is 0 Å². The molecule has 78 valence electrons. The summed E-state index contributed by atoms with van der Waals surface area (Å²) in [6, 6.07) is 0.728. The lowest BCUT2D eigenvalue weighted by Gasteiger charge is -2.14. The van der Waals surface area contributed by atoms with Crippen molar-refractivity contribution < 1.29 is 0 Å². The number of thioether (sulfide) groups is 1. The first-order valence-electron chi connectivity index (χ1n) is 5.61. The van der Waals surface area contributed by atoms with Gasteiger partial charge in [-0.3, -0.25) is 0 Å². The van der Waals surface area contributed by atoms with Gasteiger partial charge in [-0.15, -0.1) is 0 Å². The summed E-state index contributed by atoms with van der Waals surface area (Å²) in [5.41, 5.74) is 0. The highest BCUT2D eigenvalue weighted by Crippen LogP contribution is 2.28. The fraction of sp³-hybridized carbons (Fsp3) is 1.00. The summed E-state index contributed by atoms with van der Waals surface area (Å²) in [7, 11) is 2.07. The van der Waals surface area contributed by atoms with Gasteiger partial charge in [-0.2, -0.15) is 11.8 Å². The zero-order chi connectivity index (χ0) is 9.52. The third kappa shape index (κ3) is 4.37. The third-order valence-corrected chi connectivity index (χ3v) is 4.39. The van der Waals surface area contributed by atoms with Gasteiger partial charge in [-0.1, -0.05) is 19.8 Å². The third-order valence-electron chi connectivity index (χ3n) is 3.05. The maximum Gasteiger partial charge on any atom is 0.0152 e. The minimum absolute atomic E-state index is 0.728. The van der Waals surface area contributed by atoms with Crippen LogP contribution < -0.4 is 5.32 Å². The number of hydrogen-bond acceptors (Lipinski definition) is 2. The Morgan fingerprint density at radius 3 is 2.62 bits per heavy atom. The van der Waals surface area contributed by atoms with E-state index in [0.717, 1.165) is 12.0 Å². The molecule has 1 nitrogen and oxygen atoms in total. The molecule has 1 fully saturated rings. The highest BCUT2D eigenvalue weighted by atomic mass is 32.2. The lowest BCUT2D eigenvalue weighted by atomic mass is 10.1. The topological polar surface area (TPSA) is 12.0 Å². The van der Waals surface area contributed by atoms with E-state index in [1.54, 1.807) is 0 Å². The molecule has 1 aliphatic rings. The molecule has 1 saturated carbocycles. The summed E-state index contributed by atoms with van der Waals surface area (Å²) in [4.78, 5) is 0. The van der Waals surface area contributed by atoms with Crippen molar-refractivity contribution in [1.82, 2.24) is 5.32 Å². The highest BCUT2D eigenvalue weighted by molar-refractivity contribution is 7.99. The Balaban J connectivity index is 1.98. The molecule has 13 heavy (non-hydrogen) atoms. The zero-order valence-electron chi connectivity index (χ0n) is 9.01. The first kappa shape index (κ1) is 11.4. The summed E-state index contributed by atoms with van der Waals surface area (Å²) in [5, 5.41) is 3.36. The van der Waals surface area contributed by atoms with E-state index < -0.39 is 0 Å². The van der Waals surface area contributed by atoms with Crippen LogP contribution in [0.25, 0.3) is 0 Å². The van der Waals surface area contributed by atoms with Gasteiger partial charge in [-0.25, -0.2) is 0 Å². The van der Waals surface area contributed by atoms with E-state index in [1.807, 2.05) is 0 Å². The second kappa shape index (κ2) is 6.72. The summed E-state index contributed by atoms with van der Waals surface area (Å²) < 4.78 is 0. The molecule has 1 atom stereocenters. The van der Waals surface area contributed by atoms with Crippen LogP contribution in [0.3, 0.4) is 0 Å². The van der Waals surface area contributed by atoms with Gasteiger partial charge in [0.05, 0.1) is 0 Å².